The molecule has 1 N–H and O–H groups in total. The standard InChI is InChI=1S/C17H19ClN4O2/c1-11(23)22(4)14-7-5-13(6-8-14)19-17(24)12-9-15(18)20-16(10-12)21(2)3/h5-10H,1-4H3,(H,19,24). The van der Waals surface area contributed by atoms with E-state index in [1.165, 1.54) is 17.9 Å². The monoisotopic (exact) mass is 346 g/mol. The number of carbonyl (C=O) groups excluding carboxylic acids is 2. The van der Waals surface area contributed by atoms with Crippen LogP contribution in [0.4, 0.5) is 17.2 Å². The van der Waals surface area contributed by atoms with E-state index in [0.717, 1.165) is 5.69 Å². The van der Waals surface area contributed by atoms with E-state index < -0.39 is 0 Å². The molecule has 1 aromatic carbocycles. The van der Waals surface area contributed by atoms with Crippen molar-refractivity contribution in [1.29, 1.82) is 0 Å². The van der Waals surface area contributed by atoms with Crippen LogP contribution in [-0.4, -0.2) is 37.9 Å². The number of anilines is 3. The maximum atomic E-state index is 12.4. The Labute approximate surface area is 146 Å². The zero-order valence-corrected chi connectivity index (χ0v) is 14.8. The van der Waals surface area contributed by atoms with Gasteiger partial charge >= 0.3 is 0 Å². The van der Waals surface area contributed by atoms with Gasteiger partial charge in [0.2, 0.25) is 5.91 Å². The third-order valence-corrected chi connectivity index (χ3v) is 3.68. The maximum Gasteiger partial charge on any atom is 0.255 e. The zero-order valence-electron chi connectivity index (χ0n) is 14.0. The molecule has 2 aromatic rings. The highest BCUT2D eigenvalue weighted by atomic mass is 35.5. The van der Waals surface area contributed by atoms with Crippen LogP contribution in [0.5, 0.6) is 0 Å². The molecule has 6 nitrogen and oxygen atoms in total. The lowest BCUT2D eigenvalue weighted by Crippen LogP contribution is -2.22. The maximum absolute atomic E-state index is 12.4. The van der Waals surface area contributed by atoms with Gasteiger partial charge in [-0.3, -0.25) is 9.59 Å². The number of hydrogen-bond donors (Lipinski definition) is 1. The van der Waals surface area contributed by atoms with Crippen molar-refractivity contribution in [3.05, 3.63) is 47.1 Å². The second kappa shape index (κ2) is 7.31. The third kappa shape index (κ3) is 4.23. The Morgan fingerprint density at radius 3 is 2.25 bits per heavy atom. The van der Waals surface area contributed by atoms with Crippen molar-refractivity contribution in [3.63, 3.8) is 0 Å². The number of aromatic nitrogens is 1. The summed E-state index contributed by atoms with van der Waals surface area (Å²) in [6.07, 6.45) is 0. The molecule has 0 aliphatic heterocycles. The predicted molar refractivity (Wildman–Crippen MR) is 97.1 cm³/mol. The molecule has 0 unspecified atom stereocenters. The molecule has 1 aromatic heterocycles. The Hall–Kier alpha value is -2.60. The summed E-state index contributed by atoms with van der Waals surface area (Å²) in [6, 6.07) is 10.2. The molecule has 0 saturated heterocycles. The summed E-state index contributed by atoms with van der Waals surface area (Å²) < 4.78 is 0. The Balaban J connectivity index is 2.16. The highest BCUT2D eigenvalue weighted by Gasteiger charge is 2.11. The average Bonchev–Trinajstić information content (AvgIpc) is 2.54. The molecule has 0 spiro atoms. The third-order valence-electron chi connectivity index (χ3n) is 3.49. The molecule has 2 rings (SSSR count). The molecule has 7 heteroatoms. The second-order valence-corrected chi connectivity index (χ2v) is 5.90. The fourth-order valence-electron chi connectivity index (χ4n) is 2.00. The molecule has 0 fully saturated rings. The molecule has 0 bridgehead atoms. The van der Waals surface area contributed by atoms with Crippen molar-refractivity contribution < 1.29 is 9.59 Å². The van der Waals surface area contributed by atoms with E-state index in [-0.39, 0.29) is 17.0 Å². The Bertz CT molecular complexity index is 760. The van der Waals surface area contributed by atoms with Gasteiger partial charge in [-0.05, 0) is 36.4 Å². The van der Waals surface area contributed by atoms with E-state index in [9.17, 15) is 9.59 Å². The average molecular weight is 347 g/mol. The minimum Gasteiger partial charge on any atom is -0.363 e. The minimum atomic E-state index is -0.282. The van der Waals surface area contributed by atoms with Crippen molar-refractivity contribution in [2.24, 2.45) is 0 Å². The summed E-state index contributed by atoms with van der Waals surface area (Å²) >= 11 is 5.97. The molecule has 24 heavy (non-hydrogen) atoms. The molecule has 0 aliphatic carbocycles. The van der Waals surface area contributed by atoms with Crippen molar-refractivity contribution in [3.8, 4) is 0 Å². The first-order valence-corrected chi connectivity index (χ1v) is 7.66. The van der Waals surface area contributed by atoms with Crippen molar-refractivity contribution in [2.45, 2.75) is 6.92 Å². The number of benzene rings is 1. The van der Waals surface area contributed by atoms with Crippen LogP contribution >= 0.6 is 11.6 Å². The lowest BCUT2D eigenvalue weighted by atomic mass is 10.2. The Morgan fingerprint density at radius 2 is 1.71 bits per heavy atom. The summed E-state index contributed by atoms with van der Waals surface area (Å²) in [7, 11) is 5.34. The first kappa shape index (κ1) is 17.7. The molecule has 0 saturated carbocycles. The van der Waals surface area contributed by atoms with Crippen LogP contribution in [0, 0.1) is 0 Å². The highest BCUT2D eigenvalue weighted by Crippen LogP contribution is 2.20. The normalized spacial score (nSPS) is 10.2. The molecular formula is C17H19ClN4O2. The molecule has 2 amide bonds. The van der Waals surface area contributed by atoms with Crippen LogP contribution in [0.1, 0.15) is 17.3 Å². The van der Waals surface area contributed by atoms with Gasteiger partial charge in [-0.1, -0.05) is 11.6 Å². The molecular weight excluding hydrogens is 328 g/mol. The number of rotatable bonds is 4. The van der Waals surface area contributed by atoms with Gasteiger partial charge in [0.15, 0.2) is 0 Å². The fraction of sp³-hybridized carbons (Fsp3) is 0.235. The summed E-state index contributed by atoms with van der Waals surface area (Å²) in [5.41, 5.74) is 1.80. The first-order valence-electron chi connectivity index (χ1n) is 7.28. The second-order valence-electron chi connectivity index (χ2n) is 5.51. The van der Waals surface area contributed by atoms with Crippen LogP contribution in [0.2, 0.25) is 5.15 Å². The van der Waals surface area contributed by atoms with Crippen molar-refractivity contribution in [2.75, 3.05) is 36.3 Å². The lowest BCUT2D eigenvalue weighted by Gasteiger charge is -2.16. The van der Waals surface area contributed by atoms with E-state index in [1.807, 2.05) is 14.1 Å². The van der Waals surface area contributed by atoms with Gasteiger partial charge in [0.1, 0.15) is 11.0 Å². The molecule has 1 heterocycles. The number of nitrogens with zero attached hydrogens (tertiary/aromatic N) is 3. The van der Waals surface area contributed by atoms with Gasteiger partial charge in [0.05, 0.1) is 0 Å². The van der Waals surface area contributed by atoms with E-state index in [1.54, 1.807) is 42.3 Å². The van der Waals surface area contributed by atoms with Gasteiger partial charge < -0.3 is 15.1 Å². The number of amides is 2. The smallest absolute Gasteiger partial charge is 0.255 e. The Kier molecular flexibility index (Phi) is 5.41. The molecule has 0 aliphatic rings. The lowest BCUT2D eigenvalue weighted by molar-refractivity contribution is -0.116. The number of pyridine rings is 1. The van der Waals surface area contributed by atoms with E-state index in [2.05, 4.69) is 10.3 Å². The van der Waals surface area contributed by atoms with Crippen LogP contribution in [0.3, 0.4) is 0 Å². The van der Waals surface area contributed by atoms with Crippen LogP contribution < -0.4 is 15.1 Å². The molecule has 0 atom stereocenters. The summed E-state index contributed by atoms with van der Waals surface area (Å²) in [4.78, 5) is 31.2. The highest BCUT2D eigenvalue weighted by molar-refractivity contribution is 6.30. The number of halogens is 1. The summed E-state index contributed by atoms with van der Waals surface area (Å²) in [6.45, 7) is 1.49. The molecule has 126 valence electrons. The first-order chi connectivity index (χ1) is 11.3. The summed E-state index contributed by atoms with van der Waals surface area (Å²) in [5.74, 6) is 0.260. The SMILES string of the molecule is CC(=O)N(C)c1ccc(NC(=O)c2cc(Cl)nc(N(C)C)c2)cc1. The zero-order chi connectivity index (χ0) is 17.9. The summed E-state index contributed by atoms with van der Waals surface area (Å²) in [5, 5.41) is 3.05. The predicted octanol–water partition coefficient (Wildman–Crippen LogP) is 3.04. The van der Waals surface area contributed by atoms with E-state index in [4.69, 9.17) is 11.6 Å². The number of carbonyl (C=O) groups is 2. The minimum absolute atomic E-state index is 0.0607. The van der Waals surface area contributed by atoms with Crippen LogP contribution in [0.15, 0.2) is 36.4 Å². The Morgan fingerprint density at radius 1 is 1.08 bits per heavy atom. The van der Waals surface area contributed by atoms with Gasteiger partial charge in [0, 0.05) is 45.0 Å². The fourth-order valence-corrected chi connectivity index (χ4v) is 2.20. The van der Waals surface area contributed by atoms with E-state index >= 15 is 0 Å². The van der Waals surface area contributed by atoms with Crippen molar-refractivity contribution in [1.82, 2.24) is 4.98 Å². The van der Waals surface area contributed by atoms with Gasteiger partial charge in [0.25, 0.3) is 5.91 Å². The topological polar surface area (TPSA) is 65.5 Å². The van der Waals surface area contributed by atoms with Crippen molar-refractivity contribution >= 4 is 40.6 Å². The van der Waals surface area contributed by atoms with Crippen LogP contribution in [-0.2, 0) is 4.79 Å². The van der Waals surface area contributed by atoms with Gasteiger partial charge in [-0.25, -0.2) is 4.98 Å². The van der Waals surface area contributed by atoms with E-state index in [0.29, 0.717) is 17.1 Å². The van der Waals surface area contributed by atoms with Gasteiger partial charge in [-0.15, -0.1) is 0 Å². The number of hydrogen-bond acceptors (Lipinski definition) is 4. The largest absolute Gasteiger partial charge is 0.363 e. The van der Waals surface area contributed by atoms with Gasteiger partial charge in [-0.2, -0.15) is 0 Å². The number of nitrogens with one attached hydrogen (secondary N) is 1. The molecule has 0 radical (unpaired) electrons. The van der Waals surface area contributed by atoms with Crippen LogP contribution in [0.25, 0.3) is 0 Å². The quantitative estimate of drug-likeness (QED) is 0.864.